The summed E-state index contributed by atoms with van der Waals surface area (Å²) in [7, 11) is 0. The van der Waals surface area contributed by atoms with Crippen molar-refractivity contribution in [3.63, 3.8) is 0 Å². The molecule has 128 valence electrons. The van der Waals surface area contributed by atoms with Crippen LogP contribution in [0.2, 0.25) is 0 Å². The fraction of sp³-hybridized carbons (Fsp3) is 0.118. The number of anilines is 1. The number of carbonyl (C=O) groups is 3. The maximum Gasteiger partial charge on any atom is 0.294 e. The van der Waals surface area contributed by atoms with Gasteiger partial charge in [0.2, 0.25) is 5.91 Å². The number of nitrogens with one attached hydrogen (secondary N) is 1. The molecule has 8 heteroatoms. The van der Waals surface area contributed by atoms with Crippen molar-refractivity contribution in [2.75, 3.05) is 11.9 Å². The predicted molar refractivity (Wildman–Crippen MR) is 91.2 cm³/mol. The monoisotopic (exact) mass is 360 g/mol. The Bertz CT molecular complexity index is 873. The fourth-order valence-corrected chi connectivity index (χ4v) is 2.99. The van der Waals surface area contributed by atoms with Crippen LogP contribution in [-0.2, 0) is 9.59 Å². The zero-order valence-electron chi connectivity index (χ0n) is 13.1. The number of aryl methyl sites for hydroxylation is 1. The maximum atomic E-state index is 12.9. The van der Waals surface area contributed by atoms with Crippen LogP contribution in [0.15, 0.2) is 45.7 Å². The lowest BCUT2D eigenvalue weighted by molar-refractivity contribution is -0.127. The second-order valence-electron chi connectivity index (χ2n) is 5.27. The van der Waals surface area contributed by atoms with E-state index in [1.807, 2.05) is 0 Å². The summed E-state index contributed by atoms with van der Waals surface area (Å²) in [5, 5.41) is 1.97. The van der Waals surface area contributed by atoms with Gasteiger partial charge in [-0.2, -0.15) is 0 Å². The Morgan fingerprint density at radius 1 is 1.24 bits per heavy atom. The largest absolute Gasteiger partial charge is 0.462 e. The van der Waals surface area contributed by atoms with E-state index >= 15 is 0 Å². The molecule has 1 aliphatic heterocycles. The Morgan fingerprint density at radius 3 is 2.60 bits per heavy atom. The average Bonchev–Trinajstić information content (AvgIpc) is 3.08. The highest BCUT2D eigenvalue weighted by molar-refractivity contribution is 8.18. The van der Waals surface area contributed by atoms with E-state index in [1.54, 1.807) is 19.1 Å². The van der Waals surface area contributed by atoms with Gasteiger partial charge in [-0.1, -0.05) is 0 Å². The van der Waals surface area contributed by atoms with Crippen molar-refractivity contribution in [2.45, 2.75) is 6.92 Å². The number of rotatable bonds is 4. The zero-order valence-corrected chi connectivity index (χ0v) is 13.9. The molecule has 3 rings (SSSR count). The van der Waals surface area contributed by atoms with Gasteiger partial charge in [-0.25, -0.2) is 4.39 Å². The van der Waals surface area contributed by atoms with Gasteiger partial charge in [-0.15, -0.1) is 0 Å². The van der Waals surface area contributed by atoms with Crippen molar-refractivity contribution < 1.29 is 23.2 Å². The first-order valence-corrected chi connectivity index (χ1v) is 8.11. The Kier molecular flexibility index (Phi) is 4.71. The molecule has 6 nitrogen and oxygen atoms in total. The molecule has 2 aromatic rings. The van der Waals surface area contributed by atoms with Gasteiger partial charge < -0.3 is 9.73 Å². The van der Waals surface area contributed by atoms with Crippen LogP contribution in [0.4, 0.5) is 14.9 Å². The number of hydrogen-bond donors (Lipinski definition) is 1. The van der Waals surface area contributed by atoms with E-state index in [9.17, 15) is 18.8 Å². The third kappa shape index (κ3) is 3.97. The molecular formula is C17H13FN2O4S. The van der Waals surface area contributed by atoms with Crippen LogP contribution in [-0.4, -0.2) is 28.5 Å². The molecule has 0 unspecified atom stereocenters. The van der Waals surface area contributed by atoms with Gasteiger partial charge in [-0.05, 0) is 55.1 Å². The van der Waals surface area contributed by atoms with Crippen molar-refractivity contribution in [1.29, 1.82) is 0 Å². The molecule has 0 spiro atoms. The van der Waals surface area contributed by atoms with Crippen LogP contribution in [0.25, 0.3) is 6.08 Å². The molecule has 1 aromatic carbocycles. The summed E-state index contributed by atoms with van der Waals surface area (Å²) in [6.07, 6.45) is 1.47. The normalized spacial score (nSPS) is 15.9. The van der Waals surface area contributed by atoms with E-state index in [-0.39, 0.29) is 4.91 Å². The molecule has 1 aliphatic rings. The van der Waals surface area contributed by atoms with Gasteiger partial charge in [0.15, 0.2) is 0 Å². The second kappa shape index (κ2) is 6.94. The zero-order chi connectivity index (χ0) is 18.0. The first-order valence-electron chi connectivity index (χ1n) is 7.29. The average molecular weight is 360 g/mol. The first-order chi connectivity index (χ1) is 11.9. The van der Waals surface area contributed by atoms with Gasteiger partial charge in [0.1, 0.15) is 23.9 Å². The van der Waals surface area contributed by atoms with E-state index in [1.165, 1.54) is 30.3 Å². The number of carbonyl (C=O) groups excluding carboxylic acids is 3. The second-order valence-corrected chi connectivity index (χ2v) is 6.26. The van der Waals surface area contributed by atoms with Crippen molar-refractivity contribution >= 4 is 40.6 Å². The molecule has 0 radical (unpaired) electrons. The summed E-state index contributed by atoms with van der Waals surface area (Å²) in [6.45, 7) is 1.35. The summed E-state index contributed by atoms with van der Waals surface area (Å²) in [5.41, 5.74) is 0.375. The lowest BCUT2D eigenvalue weighted by atomic mass is 10.3. The van der Waals surface area contributed by atoms with E-state index < -0.39 is 29.4 Å². The van der Waals surface area contributed by atoms with Gasteiger partial charge in [0.05, 0.1) is 4.91 Å². The van der Waals surface area contributed by atoms with Crippen LogP contribution >= 0.6 is 11.8 Å². The molecule has 1 aromatic heterocycles. The highest BCUT2D eigenvalue weighted by Crippen LogP contribution is 2.32. The lowest BCUT2D eigenvalue weighted by Gasteiger charge is -2.12. The molecule has 1 fully saturated rings. The number of halogens is 1. The highest BCUT2D eigenvalue weighted by Gasteiger charge is 2.36. The summed E-state index contributed by atoms with van der Waals surface area (Å²) in [5.74, 6) is -0.396. The minimum atomic E-state index is -0.557. The van der Waals surface area contributed by atoms with Crippen molar-refractivity contribution in [3.8, 4) is 0 Å². The molecule has 0 bridgehead atoms. The maximum absolute atomic E-state index is 12.9. The van der Waals surface area contributed by atoms with Gasteiger partial charge in [0.25, 0.3) is 11.1 Å². The summed E-state index contributed by atoms with van der Waals surface area (Å²) in [6, 6.07) is 8.60. The van der Waals surface area contributed by atoms with E-state index in [2.05, 4.69) is 5.32 Å². The van der Waals surface area contributed by atoms with Gasteiger partial charge in [0, 0.05) is 11.8 Å². The minimum absolute atomic E-state index is 0.189. The lowest BCUT2D eigenvalue weighted by Crippen LogP contribution is -2.36. The van der Waals surface area contributed by atoms with Crippen LogP contribution in [0.3, 0.4) is 0 Å². The third-order valence-corrected chi connectivity index (χ3v) is 4.25. The number of furan rings is 1. The quantitative estimate of drug-likeness (QED) is 0.846. The number of hydrogen-bond acceptors (Lipinski definition) is 5. The molecule has 1 N–H and O–H groups in total. The van der Waals surface area contributed by atoms with E-state index in [4.69, 9.17) is 4.42 Å². The molecule has 0 saturated carbocycles. The van der Waals surface area contributed by atoms with Crippen molar-refractivity contribution in [1.82, 2.24) is 4.90 Å². The molecular weight excluding hydrogens is 347 g/mol. The van der Waals surface area contributed by atoms with Crippen LogP contribution < -0.4 is 5.32 Å². The predicted octanol–water partition coefficient (Wildman–Crippen LogP) is 3.40. The standard InChI is InChI=1S/C17H13FN2O4S/c1-10-2-7-13(24-10)8-14-16(22)20(17(23)25-14)9-15(21)19-12-5-3-11(18)4-6-12/h2-8H,9H2,1H3,(H,19,21)/b14-8-. The van der Waals surface area contributed by atoms with Crippen molar-refractivity contribution in [2.24, 2.45) is 0 Å². The molecule has 0 atom stereocenters. The van der Waals surface area contributed by atoms with E-state index in [0.29, 0.717) is 17.2 Å². The number of imide groups is 1. The molecule has 3 amide bonds. The SMILES string of the molecule is Cc1ccc(/C=C2\SC(=O)N(CC(=O)Nc3ccc(F)cc3)C2=O)o1. The topological polar surface area (TPSA) is 79.6 Å². The minimum Gasteiger partial charge on any atom is -0.462 e. The van der Waals surface area contributed by atoms with Gasteiger partial charge in [-0.3, -0.25) is 19.3 Å². The highest BCUT2D eigenvalue weighted by atomic mass is 32.2. The van der Waals surface area contributed by atoms with Crippen LogP contribution in [0.5, 0.6) is 0 Å². The molecule has 2 heterocycles. The Morgan fingerprint density at radius 2 is 1.96 bits per heavy atom. The third-order valence-electron chi connectivity index (χ3n) is 3.34. The van der Waals surface area contributed by atoms with Crippen LogP contribution in [0, 0.1) is 12.7 Å². The Labute approximate surface area is 146 Å². The van der Waals surface area contributed by atoms with Crippen molar-refractivity contribution in [3.05, 3.63) is 58.6 Å². The number of benzene rings is 1. The Balaban J connectivity index is 1.67. The summed E-state index contributed by atoms with van der Waals surface area (Å²) in [4.78, 5) is 37.4. The summed E-state index contributed by atoms with van der Waals surface area (Å²) < 4.78 is 18.2. The van der Waals surface area contributed by atoms with E-state index in [0.717, 1.165) is 16.7 Å². The van der Waals surface area contributed by atoms with Gasteiger partial charge >= 0.3 is 0 Å². The first kappa shape index (κ1) is 17.0. The van der Waals surface area contributed by atoms with Crippen LogP contribution in [0.1, 0.15) is 11.5 Å². The molecule has 0 aliphatic carbocycles. The number of amides is 3. The summed E-state index contributed by atoms with van der Waals surface area (Å²) >= 11 is 0.745. The fourth-order valence-electron chi connectivity index (χ4n) is 2.17. The number of thioether (sulfide) groups is 1. The molecule has 1 saturated heterocycles. The number of nitrogens with zero attached hydrogens (tertiary/aromatic N) is 1. The molecule has 25 heavy (non-hydrogen) atoms. The Hall–Kier alpha value is -2.87. The smallest absolute Gasteiger partial charge is 0.294 e.